The highest BCUT2D eigenvalue weighted by molar-refractivity contribution is 5.41. The number of para-hydroxylation sites is 2. The van der Waals surface area contributed by atoms with Crippen LogP contribution in [0.2, 0.25) is 0 Å². The zero-order chi connectivity index (χ0) is 16.4. The van der Waals surface area contributed by atoms with Gasteiger partial charge in [0.25, 0.3) is 5.89 Å². The van der Waals surface area contributed by atoms with E-state index in [9.17, 15) is 0 Å². The molecule has 0 radical (unpaired) electrons. The molecule has 1 aliphatic rings. The third kappa shape index (κ3) is 2.78. The molecule has 0 fully saturated rings. The molecule has 8 nitrogen and oxygen atoms in total. The second-order valence-corrected chi connectivity index (χ2v) is 5.30. The van der Waals surface area contributed by atoms with Crippen molar-refractivity contribution in [2.24, 2.45) is 0 Å². The Morgan fingerprint density at radius 1 is 1.21 bits per heavy atom. The molecule has 124 valence electrons. The molecule has 3 aromatic rings. The molecular formula is C16H17N5O3. The number of hydrogen-bond acceptors (Lipinski definition) is 7. The molecule has 0 saturated carbocycles. The van der Waals surface area contributed by atoms with E-state index in [-0.39, 0.29) is 0 Å². The van der Waals surface area contributed by atoms with Crippen LogP contribution in [0.4, 0.5) is 6.01 Å². The molecule has 0 spiro atoms. The molecule has 4 rings (SSSR count). The maximum Gasteiger partial charge on any atom is 0.315 e. The van der Waals surface area contributed by atoms with Crippen molar-refractivity contribution in [2.45, 2.75) is 26.1 Å². The van der Waals surface area contributed by atoms with Gasteiger partial charge >= 0.3 is 6.01 Å². The van der Waals surface area contributed by atoms with Crippen molar-refractivity contribution in [3.05, 3.63) is 48.1 Å². The van der Waals surface area contributed by atoms with Crippen LogP contribution in [0.25, 0.3) is 0 Å². The fraction of sp³-hybridized carbons (Fsp3) is 0.312. The van der Waals surface area contributed by atoms with Crippen LogP contribution in [0, 0.1) is 0 Å². The monoisotopic (exact) mass is 327 g/mol. The minimum absolute atomic E-state index is 0.335. The summed E-state index contributed by atoms with van der Waals surface area (Å²) < 4.78 is 19.1. The fourth-order valence-corrected chi connectivity index (χ4v) is 2.54. The van der Waals surface area contributed by atoms with Gasteiger partial charge in [0.15, 0.2) is 11.5 Å². The summed E-state index contributed by atoms with van der Waals surface area (Å²) in [6, 6.07) is 9.80. The summed E-state index contributed by atoms with van der Waals surface area (Å²) in [7, 11) is 0. The van der Waals surface area contributed by atoms with Gasteiger partial charge in [-0.2, -0.15) is 5.10 Å². The molecule has 0 saturated heterocycles. The van der Waals surface area contributed by atoms with Gasteiger partial charge in [-0.1, -0.05) is 17.2 Å². The molecule has 3 heterocycles. The van der Waals surface area contributed by atoms with Crippen LogP contribution >= 0.6 is 0 Å². The normalized spacial score (nSPS) is 16.1. The Labute approximate surface area is 138 Å². The van der Waals surface area contributed by atoms with Gasteiger partial charge in [-0.15, -0.1) is 5.10 Å². The number of anilines is 1. The number of nitrogens with one attached hydrogen (secondary N) is 1. The minimum Gasteiger partial charge on any atom is -0.485 e. The van der Waals surface area contributed by atoms with Gasteiger partial charge in [-0.05, 0) is 25.1 Å². The standard InChI is InChI=1S/C16H17N5O3/c1-2-21-11(7-8-18-21)9-17-16-20-19-15(24-16)14-10-22-12-5-3-4-6-13(12)23-14/h3-8,14H,2,9-10H2,1H3,(H,17,20). The smallest absolute Gasteiger partial charge is 0.315 e. The number of benzene rings is 1. The number of hydrogen-bond donors (Lipinski definition) is 1. The van der Waals surface area contributed by atoms with Crippen molar-refractivity contribution >= 4 is 6.01 Å². The van der Waals surface area contributed by atoms with E-state index in [1.807, 2.05) is 41.9 Å². The lowest BCUT2D eigenvalue weighted by Gasteiger charge is -2.23. The second kappa shape index (κ2) is 6.23. The van der Waals surface area contributed by atoms with E-state index in [0.29, 0.717) is 30.8 Å². The van der Waals surface area contributed by atoms with Crippen molar-refractivity contribution < 1.29 is 13.9 Å². The molecule has 24 heavy (non-hydrogen) atoms. The largest absolute Gasteiger partial charge is 0.485 e. The Morgan fingerprint density at radius 2 is 2.08 bits per heavy atom. The average Bonchev–Trinajstić information content (AvgIpc) is 3.28. The van der Waals surface area contributed by atoms with Gasteiger partial charge < -0.3 is 19.2 Å². The number of rotatable bonds is 5. The Kier molecular flexibility index (Phi) is 3.78. The zero-order valence-electron chi connectivity index (χ0n) is 13.2. The molecule has 1 atom stereocenters. The number of ether oxygens (including phenoxy) is 2. The summed E-state index contributed by atoms with van der Waals surface area (Å²) in [5, 5.41) is 15.4. The molecule has 1 aliphatic heterocycles. The summed E-state index contributed by atoms with van der Waals surface area (Å²) in [5.74, 6) is 1.78. The quantitative estimate of drug-likeness (QED) is 0.770. The second-order valence-electron chi connectivity index (χ2n) is 5.30. The van der Waals surface area contributed by atoms with Crippen LogP contribution in [0.1, 0.15) is 24.6 Å². The maximum absolute atomic E-state index is 5.86. The Bertz CT molecular complexity index is 828. The van der Waals surface area contributed by atoms with Gasteiger partial charge in [0, 0.05) is 12.7 Å². The van der Waals surface area contributed by atoms with E-state index >= 15 is 0 Å². The molecule has 8 heteroatoms. The van der Waals surface area contributed by atoms with Crippen molar-refractivity contribution in [2.75, 3.05) is 11.9 Å². The number of nitrogens with zero attached hydrogens (tertiary/aromatic N) is 4. The van der Waals surface area contributed by atoms with Gasteiger partial charge in [-0.3, -0.25) is 4.68 Å². The first-order valence-electron chi connectivity index (χ1n) is 7.80. The molecular weight excluding hydrogens is 310 g/mol. The van der Waals surface area contributed by atoms with Crippen molar-refractivity contribution in [1.82, 2.24) is 20.0 Å². The van der Waals surface area contributed by atoms with Crippen LogP contribution in [-0.2, 0) is 13.1 Å². The van der Waals surface area contributed by atoms with E-state index in [1.165, 1.54) is 0 Å². The number of fused-ring (bicyclic) bond motifs is 1. The molecule has 2 aromatic heterocycles. The van der Waals surface area contributed by atoms with E-state index in [2.05, 4.69) is 20.6 Å². The minimum atomic E-state index is -0.413. The average molecular weight is 327 g/mol. The third-order valence-corrected chi connectivity index (χ3v) is 3.75. The van der Waals surface area contributed by atoms with Crippen LogP contribution in [0.5, 0.6) is 11.5 Å². The first kappa shape index (κ1) is 14.6. The van der Waals surface area contributed by atoms with E-state index in [4.69, 9.17) is 13.9 Å². The summed E-state index contributed by atoms with van der Waals surface area (Å²) in [6.07, 6.45) is 1.36. The Morgan fingerprint density at radius 3 is 2.96 bits per heavy atom. The van der Waals surface area contributed by atoms with Crippen LogP contribution < -0.4 is 14.8 Å². The van der Waals surface area contributed by atoms with Gasteiger partial charge in [0.2, 0.25) is 6.10 Å². The molecule has 1 aromatic carbocycles. The first-order chi connectivity index (χ1) is 11.8. The first-order valence-corrected chi connectivity index (χ1v) is 7.80. The zero-order valence-corrected chi connectivity index (χ0v) is 13.2. The lowest BCUT2D eigenvalue weighted by atomic mass is 10.2. The summed E-state index contributed by atoms with van der Waals surface area (Å²) in [4.78, 5) is 0. The topological polar surface area (TPSA) is 87.2 Å². The lowest BCUT2D eigenvalue weighted by molar-refractivity contribution is 0.0717. The third-order valence-electron chi connectivity index (χ3n) is 3.75. The van der Waals surface area contributed by atoms with Crippen molar-refractivity contribution in [3.63, 3.8) is 0 Å². The van der Waals surface area contributed by atoms with Crippen LogP contribution in [0.15, 0.2) is 40.9 Å². The SMILES string of the molecule is CCn1nccc1CNc1nnc(C2COc3ccccc3O2)o1. The Balaban J connectivity index is 1.42. The van der Waals surface area contributed by atoms with E-state index in [1.54, 1.807) is 6.20 Å². The highest BCUT2D eigenvalue weighted by Crippen LogP contribution is 2.35. The fourth-order valence-electron chi connectivity index (χ4n) is 2.54. The number of aryl methyl sites for hydroxylation is 1. The molecule has 0 bridgehead atoms. The number of aromatic nitrogens is 4. The summed E-state index contributed by atoms with van der Waals surface area (Å²) >= 11 is 0. The van der Waals surface area contributed by atoms with Gasteiger partial charge in [-0.25, -0.2) is 0 Å². The van der Waals surface area contributed by atoms with Crippen molar-refractivity contribution in [1.29, 1.82) is 0 Å². The molecule has 1 unspecified atom stereocenters. The van der Waals surface area contributed by atoms with Crippen molar-refractivity contribution in [3.8, 4) is 11.5 Å². The summed E-state index contributed by atoms with van der Waals surface area (Å²) in [6.45, 7) is 3.74. The van der Waals surface area contributed by atoms with Gasteiger partial charge in [0.05, 0.1) is 12.2 Å². The molecule has 0 amide bonds. The Hall–Kier alpha value is -3.03. The van der Waals surface area contributed by atoms with E-state index in [0.717, 1.165) is 18.0 Å². The lowest BCUT2D eigenvalue weighted by Crippen LogP contribution is -2.21. The van der Waals surface area contributed by atoms with Crippen LogP contribution in [-0.4, -0.2) is 26.6 Å². The maximum atomic E-state index is 5.86. The highest BCUT2D eigenvalue weighted by Gasteiger charge is 2.27. The highest BCUT2D eigenvalue weighted by atomic mass is 16.6. The van der Waals surface area contributed by atoms with E-state index < -0.39 is 6.10 Å². The predicted octanol–water partition coefficient (Wildman–Crippen LogP) is 2.41. The summed E-state index contributed by atoms with van der Waals surface area (Å²) in [5.41, 5.74) is 1.04. The molecule has 0 aliphatic carbocycles. The van der Waals surface area contributed by atoms with Crippen LogP contribution in [0.3, 0.4) is 0 Å². The predicted molar refractivity (Wildman–Crippen MR) is 84.8 cm³/mol. The molecule has 1 N–H and O–H groups in total. The van der Waals surface area contributed by atoms with Gasteiger partial charge in [0.1, 0.15) is 6.61 Å².